The molecule has 1 fully saturated rings. The summed E-state index contributed by atoms with van der Waals surface area (Å²) in [6.07, 6.45) is 1.91. The van der Waals surface area contributed by atoms with E-state index < -0.39 is 5.82 Å². The average molecular weight is 359 g/mol. The van der Waals surface area contributed by atoms with Crippen molar-refractivity contribution >= 4 is 38.2 Å². The van der Waals surface area contributed by atoms with E-state index in [0.717, 1.165) is 47.3 Å². The highest BCUT2D eigenvalue weighted by Gasteiger charge is 2.16. The lowest BCUT2D eigenvalue weighted by atomic mass is 10.2. The number of rotatable bonds is 4. The van der Waals surface area contributed by atoms with E-state index in [1.54, 1.807) is 11.3 Å². The molecule has 4 rings (SSSR count). The minimum Gasteiger partial charge on any atom is -0.378 e. The first-order valence-corrected chi connectivity index (χ1v) is 9.06. The highest BCUT2D eigenvalue weighted by Crippen LogP contribution is 2.32. The Labute approximate surface area is 148 Å². The van der Waals surface area contributed by atoms with E-state index in [1.165, 1.54) is 6.33 Å². The van der Waals surface area contributed by atoms with Crippen LogP contribution in [-0.4, -0.2) is 41.3 Å². The van der Waals surface area contributed by atoms with E-state index in [9.17, 15) is 4.39 Å². The molecule has 0 spiro atoms. The van der Waals surface area contributed by atoms with Gasteiger partial charge in [-0.2, -0.15) is 0 Å². The topological polar surface area (TPSA) is 63.2 Å². The van der Waals surface area contributed by atoms with Gasteiger partial charge in [-0.05, 0) is 24.6 Å². The Kier molecular flexibility index (Phi) is 4.46. The molecule has 1 saturated heterocycles. The number of nitrogens with one attached hydrogen (secondary N) is 1. The zero-order valence-corrected chi connectivity index (χ0v) is 14.6. The number of morpholine rings is 1. The molecule has 0 atom stereocenters. The molecule has 3 heterocycles. The first-order valence-electron chi connectivity index (χ1n) is 8.24. The zero-order chi connectivity index (χ0) is 17.2. The molecule has 6 nitrogen and oxygen atoms in total. The number of thiazole rings is 1. The summed E-state index contributed by atoms with van der Waals surface area (Å²) in [7, 11) is 0. The third-order valence-corrected chi connectivity index (χ3v) is 5.20. The number of hydrogen-bond acceptors (Lipinski definition) is 7. The van der Waals surface area contributed by atoms with Crippen molar-refractivity contribution < 1.29 is 9.13 Å². The van der Waals surface area contributed by atoms with Gasteiger partial charge in [-0.3, -0.25) is 0 Å². The molecule has 2 aromatic heterocycles. The molecule has 0 radical (unpaired) electrons. The van der Waals surface area contributed by atoms with Crippen molar-refractivity contribution in [1.82, 2.24) is 15.0 Å². The second-order valence-corrected chi connectivity index (χ2v) is 6.75. The van der Waals surface area contributed by atoms with E-state index >= 15 is 0 Å². The molecule has 0 aliphatic carbocycles. The van der Waals surface area contributed by atoms with Crippen molar-refractivity contribution in [2.75, 3.05) is 36.5 Å². The Morgan fingerprint density at radius 2 is 2.12 bits per heavy atom. The van der Waals surface area contributed by atoms with Gasteiger partial charge in [0.15, 0.2) is 16.8 Å². The Balaban J connectivity index is 1.61. The maximum atomic E-state index is 14.3. The van der Waals surface area contributed by atoms with Gasteiger partial charge in [-0.25, -0.2) is 19.3 Å². The van der Waals surface area contributed by atoms with Crippen molar-refractivity contribution in [3.05, 3.63) is 36.0 Å². The number of fused-ring (bicyclic) bond motifs is 1. The molecule has 0 bridgehead atoms. The lowest BCUT2D eigenvalue weighted by Gasteiger charge is -2.25. The third-order valence-electron chi connectivity index (χ3n) is 4.12. The van der Waals surface area contributed by atoms with Crippen LogP contribution < -0.4 is 10.2 Å². The van der Waals surface area contributed by atoms with E-state index in [4.69, 9.17) is 9.72 Å². The number of nitrogens with zero attached hydrogens (tertiary/aromatic N) is 4. The van der Waals surface area contributed by atoms with Gasteiger partial charge in [0, 0.05) is 18.8 Å². The number of aryl methyl sites for hydroxylation is 1. The molecule has 1 aliphatic rings. The lowest BCUT2D eigenvalue weighted by Crippen LogP contribution is -2.36. The fraction of sp³-hybridized carbons (Fsp3) is 0.353. The Morgan fingerprint density at radius 1 is 1.28 bits per heavy atom. The molecule has 1 aromatic carbocycles. The van der Waals surface area contributed by atoms with E-state index in [-0.39, 0.29) is 5.82 Å². The standard InChI is InChI=1S/C17H18FN5OS/c1-2-12-15(18)16(20-10-19-12)21-11-3-4-13-14(9-11)25-17(22-13)23-5-7-24-8-6-23/h3-4,9-10H,2,5-8H2,1H3,(H,19,20,21). The van der Waals surface area contributed by atoms with Gasteiger partial charge < -0.3 is 15.0 Å². The summed E-state index contributed by atoms with van der Waals surface area (Å²) < 4.78 is 20.7. The summed E-state index contributed by atoms with van der Waals surface area (Å²) in [5.41, 5.74) is 2.13. The molecule has 1 N–H and O–H groups in total. The molecule has 0 amide bonds. The lowest BCUT2D eigenvalue weighted by molar-refractivity contribution is 0.122. The van der Waals surface area contributed by atoms with Crippen molar-refractivity contribution in [1.29, 1.82) is 0 Å². The van der Waals surface area contributed by atoms with Crippen molar-refractivity contribution in [3.63, 3.8) is 0 Å². The number of benzene rings is 1. The normalized spacial score (nSPS) is 14.9. The van der Waals surface area contributed by atoms with Gasteiger partial charge >= 0.3 is 0 Å². The number of anilines is 3. The molecule has 0 saturated carbocycles. The SMILES string of the molecule is CCc1ncnc(Nc2ccc3nc(N4CCOCC4)sc3c2)c1F. The van der Waals surface area contributed by atoms with Gasteiger partial charge in [-0.1, -0.05) is 18.3 Å². The Bertz CT molecular complexity index is 894. The molecule has 3 aromatic rings. The maximum Gasteiger partial charge on any atom is 0.187 e. The third kappa shape index (κ3) is 3.27. The van der Waals surface area contributed by atoms with Gasteiger partial charge in [-0.15, -0.1) is 0 Å². The summed E-state index contributed by atoms with van der Waals surface area (Å²) in [4.78, 5) is 14.9. The minimum atomic E-state index is -0.400. The van der Waals surface area contributed by atoms with Gasteiger partial charge in [0.05, 0.1) is 29.1 Å². The molecule has 8 heteroatoms. The fourth-order valence-corrected chi connectivity index (χ4v) is 3.81. The van der Waals surface area contributed by atoms with Gasteiger partial charge in [0.1, 0.15) is 6.33 Å². The number of ether oxygens (including phenoxy) is 1. The van der Waals surface area contributed by atoms with E-state index in [1.807, 2.05) is 25.1 Å². The summed E-state index contributed by atoms with van der Waals surface area (Å²) in [6.45, 7) is 5.05. The van der Waals surface area contributed by atoms with Crippen molar-refractivity contribution in [2.24, 2.45) is 0 Å². The van der Waals surface area contributed by atoms with Crippen LogP contribution in [0, 0.1) is 5.82 Å². The number of hydrogen-bond donors (Lipinski definition) is 1. The molecular formula is C17H18FN5OS. The molecule has 25 heavy (non-hydrogen) atoms. The van der Waals surface area contributed by atoms with Crippen LogP contribution in [0.4, 0.5) is 21.0 Å². The summed E-state index contributed by atoms with van der Waals surface area (Å²) in [5, 5.41) is 4.04. The van der Waals surface area contributed by atoms with Gasteiger partial charge in [0.2, 0.25) is 0 Å². The minimum absolute atomic E-state index is 0.198. The highest BCUT2D eigenvalue weighted by atomic mass is 32.1. The second-order valence-electron chi connectivity index (χ2n) is 5.74. The second kappa shape index (κ2) is 6.89. The number of aromatic nitrogens is 3. The summed E-state index contributed by atoms with van der Waals surface area (Å²) in [5.74, 6) is -0.201. The number of halogens is 1. The zero-order valence-electron chi connectivity index (χ0n) is 13.8. The van der Waals surface area contributed by atoms with Crippen LogP contribution in [0.25, 0.3) is 10.2 Å². The van der Waals surface area contributed by atoms with Crippen LogP contribution in [0.15, 0.2) is 24.5 Å². The summed E-state index contributed by atoms with van der Waals surface area (Å²) >= 11 is 1.63. The maximum absolute atomic E-state index is 14.3. The summed E-state index contributed by atoms with van der Waals surface area (Å²) in [6, 6.07) is 5.81. The molecule has 1 aliphatic heterocycles. The van der Waals surface area contributed by atoms with E-state index in [2.05, 4.69) is 20.2 Å². The molecular weight excluding hydrogens is 341 g/mol. The van der Waals surface area contributed by atoms with E-state index in [0.29, 0.717) is 12.1 Å². The largest absolute Gasteiger partial charge is 0.378 e. The molecule has 130 valence electrons. The predicted molar refractivity (Wildman–Crippen MR) is 97.3 cm³/mol. The Hall–Kier alpha value is -2.32. The first kappa shape index (κ1) is 16.2. The van der Waals surface area contributed by atoms with Crippen LogP contribution in [0.2, 0.25) is 0 Å². The predicted octanol–water partition coefficient (Wildman–Crippen LogP) is 3.37. The van der Waals surface area contributed by atoms with Crippen LogP contribution in [0.3, 0.4) is 0 Å². The molecule has 0 unspecified atom stereocenters. The first-order chi connectivity index (χ1) is 12.2. The Morgan fingerprint density at radius 3 is 2.92 bits per heavy atom. The van der Waals surface area contributed by atoms with Crippen LogP contribution in [0.1, 0.15) is 12.6 Å². The van der Waals surface area contributed by atoms with Crippen LogP contribution in [-0.2, 0) is 11.2 Å². The van der Waals surface area contributed by atoms with Crippen molar-refractivity contribution in [3.8, 4) is 0 Å². The smallest absolute Gasteiger partial charge is 0.187 e. The van der Waals surface area contributed by atoms with Gasteiger partial charge in [0.25, 0.3) is 0 Å². The van der Waals surface area contributed by atoms with Crippen molar-refractivity contribution in [2.45, 2.75) is 13.3 Å². The monoisotopic (exact) mass is 359 g/mol. The fourth-order valence-electron chi connectivity index (χ4n) is 2.76. The van der Waals surface area contributed by atoms with Crippen LogP contribution in [0.5, 0.6) is 0 Å². The van der Waals surface area contributed by atoms with Crippen LogP contribution >= 0.6 is 11.3 Å². The average Bonchev–Trinajstić information content (AvgIpc) is 3.07. The highest BCUT2D eigenvalue weighted by molar-refractivity contribution is 7.22. The quantitative estimate of drug-likeness (QED) is 0.771.